The van der Waals surface area contributed by atoms with E-state index < -0.39 is 37.1 Å². The highest BCUT2D eigenvalue weighted by Crippen LogP contribution is 1.89. The summed E-state index contributed by atoms with van der Waals surface area (Å²) in [6.07, 6.45) is 1.50. The van der Waals surface area contributed by atoms with Crippen molar-refractivity contribution in [3.63, 3.8) is 0 Å². The highest BCUT2D eigenvalue weighted by Gasteiger charge is 2.08. The Morgan fingerprint density at radius 1 is 0.625 bits per heavy atom. The van der Waals surface area contributed by atoms with Gasteiger partial charge in [-0.25, -0.2) is 19.2 Å². The zero-order chi connectivity index (χ0) is 18.2. The molecule has 136 valence electrons. The van der Waals surface area contributed by atoms with Crippen molar-refractivity contribution in [1.29, 1.82) is 0 Å². The lowest BCUT2D eigenvalue weighted by atomic mass is 10.5. The Kier molecular flexibility index (Phi) is 12.7. The molecule has 0 saturated heterocycles. The van der Waals surface area contributed by atoms with E-state index in [-0.39, 0.29) is 26.4 Å². The number of rotatable bonds is 12. The summed E-state index contributed by atoms with van der Waals surface area (Å²) in [5.74, 6) is -3.40. The van der Waals surface area contributed by atoms with Crippen LogP contribution in [0.25, 0.3) is 0 Å². The fraction of sp³-hybridized carbons (Fsp3) is 0.571. The molecule has 0 unspecified atom stereocenters. The molecule has 0 bridgehead atoms. The van der Waals surface area contributed by atoms with Crippen LogP contribution in [0, 0.1) is 0 Å². The van der Waals surface area contributed by atoms with Gasteiger partial charge in [-0.15, -0.1) is 0 Å². The molecule has 0 atom stereocenters. The van der Waals surface area contributed by atoms with Crippen LogP contribution in [0.15, 0.2) is 12.2 Å². The molecule has 0 N–H and O–H groups in total. The van der Waals surface area contributed by atoms with E-state index in [9.17, 15) is 19.2 Å². The lowest BCUT2D eigenvalue weighted by molar-refractivity contribution is -0.157. The monoisotopic (exact) mass is 348 g/mol. The fourth-order valence-electron chi connectivity index (χ4n) is 1.05. The van der Waals surface area contributed by atoms with E-state index in [0.717, 1.165) is 12.2 Å². The van der Waals surface area contributed by atoms with Crippen molar-refractivity contribution >= 4 is 23.9 Å². The van der Waals surface area contributed by atoms with Gasteiger partial charge in [-0.3, -0.25) is 0 Å². The molecule has 0 aromatic carbocycles. The molecule has 0 spiro atoms. The second-order valence-corrected chi connectivity index (χ2v) is 3.98. The number of carbonyl (C=O) groups excluding carboxylic acids is 4. The number of hydrogen-bond donors (Lipinski definition) is 0. The van der Waals surface area contributed by atoms with Crippen LogP contribution in [0.3, 0.4) is 0 Å². The van der Waals surface area contributed by atoms with Gasteiger partial charge >= 0.3 is 23.9 Å². The van der Waals surface area contributed by atoms with Crippen LogP contribution in [0.4, 0.5) is 0 Å². The third-order valence-electron chi connectivity index (χ3n) is 2.12. The first-order valence-electron chi connectivity index (χ1n) is 6.80. The predicted molar refractivity (Wildman–Crippen MR) is 76.7 cm³/mol. The first-order valence-corrected chi connectivity index (χ1v) is 6.80. The Morgan fingerprint density at radius 2 is 1.00 bits per heavy atom. The average molecular weight is 348 g/mol. The van der Waals surface area contributed by atoms with Crippen molar-refractivity contribution in [2.75, 3.05) is 53.9 Å². The van der Waals surface area contributed by atoms with E-state index in [0.29, 0.717) is 0 Å². The second-order valence-electron chi connectivity index (χ2n) is 3.98. The highest BCUT2D eigenvalue weighted by molar-refractivity contribution is 5.93. The van der Waals surface area contributed by atoms with Crippen molar-refractivity contribution in [2.45, 2.75) is 0 Å². The Balaban J connectivity index is 3.86. The Hall–Kier alpha value is -2.46. The summed E-state index contributed by atoms with van der Waals surface area (Å²) in [6, 6.07) is 0. The third kappa shape index (κ3) is 13.2. The number of ether oxygens (including phenoxy) is 6. The first-order chi connectivity index (χ1) is 11.5. The van der Waals surface area contributed by atoms with Gasteiger partial charge in [0.05, 0.1) is 13.2 Å². The largest absolute Gasteiger partial charge is 0.461 e. The molecule has 0 aliphatic rings. The number of methoxy groups -OCH3 is 2. The molecule has 0 rings (SSSR count). The molecule has 0 radical (unpaired) electrons. The maximum atomic E-state index is 11.2. The Labute approximate surface area is 138 Å². The molecule has 0 aliphatic heterocycles. The number of hydrogen-bond acceptors (Lipinski definition) is 10. The zero-order valence-electron chi connectivity index (χ0n) is 13.5. The van der Waals surface area contributed by atoms with Crippen LogP contribution in [-0.4, -0.2) is 77.7 Å². The van der Waals surface area contributed by atoms with Crippen molar-refractivity contribution < 1.29 is 47.6 Å². The molecule has 0 amide bonds. The van der Waals surface area contributed by atoms with Gasteiger partial charge in [-0.05, 0) is 0 Å². The highest BCUT2D eigenvalue weighted by atomic mass is 16.6. The van der Waals surface area contributed by atoms with Crippen molar-refractivity contribution in [3.8, 4) is 0 Å². The van der Waals surface area contributed by atoms with Gasteiger partial charge in [0.2, 0.25) is 0 Å². The summed E-state index contributed by atoms with van der Waals surface area (Å²) in [7, 11) is 2.88. The van der Waals surface area contributed by atoms with Crippen molar-refractivity contribution in [2.24, 2.45) is 0 Å². The minimum Gasteiger partial charge on any atom is -0.461 e. The van der Waals surface area contributed by atoms with Gasteiger partial charge in [-0.2, -0.15) is 0 Å². The smallest absolute Gasteiger partial charge is 0.344 e. The van der Waals surface area contributed by atoms with Gasteiger partial charge < -0.3 is 28.4 Å². The maximum absolute atomic E-state index is 11.2. The van der Waals surface area contributed by atoms with E-state index in [1.54, 1.807) is 0 Å². The predicted octanol–water partition coefficient (Wildman–Crippen LogP) is -0.992. The molecule has 0 aromatic rings. The van der Waals surface area contributed by atoms with E-state index >= 15 is 0 Å². The summed E-state index contributed by atoms with van der Waals surface area (Å²) in [5, 5.41) is 0. The molecule has 0 heterocycles. The van der Waals surface area contributed by atoms with Crippen molar-refractivity contribution in [1.82, 2.24) is 0 Å². The molecule has 24 heavy (non-hydrogen) atoms. The van der Waals surface area contributed by atoms with Gasteiger partial charge in [0, 0.05) is 26.4 Å². The van der Waals surface area contributed by atoms with Gasteiger partial charge in [0.15, 0.2) is 13.2 Å². The maximum Gasteiger partial charge on any atom is 0.344 e. The molecule has 0 aromatic heterocycles. The quantitative estimate of drug-likeness (QED) is 0.188. The molecule has 10 heteroatoms. The Morgan fingerprint density at radius 3 is 1.33 bits per heavy atom. The SMILES string of the molecule is COCCOC(=O)COC(=O)/C=C/C(=O)OCC(=O)OCCOC. The van der Waals surface area contributed by atoms with Gasteiger partial charge in [0.25, 0.3) is 0 Å². The summed E-state index contributed by atoms with van der Waals surface area (Å²) in [5.41, 5.74) is 0. The molecular formula is C14H20O10. The zero-order valence-corrected chi connectivity index (χ0v) is 13.5. The van der Waals surface area contributed by atoms with Crippen LogP contribution in [0.1, 0.15) is 0 Å². The molecule has 0 saturated carbocycles. The lowest BCUT2D eigenvalue weighted by Gasteiger charge is -2.04. The Bertz CT molecular complexity index is 403. The molecule has 0 aliphatic carbocycles. The number of esters is 4. The second kappa shape index (κ2) is 14.2. The summed E-state index contributed by atoms with van der Waals surface area (Å²) >= 11 is 0. The van der Waals surface area contributed by atoms with E-state index in [4.69, 9.17) is 0 Å². The molecule has 0 fully saturated rings. The first kappa shape index (κ1) is 21.5. The van der Waals surface area contributed by atoms with E-state index in [2.05, 4.69) is 28.4 Å². The van der Waals surface area contributed by atoms with Crippen LogP contribution in [0.5, 0.6) is 0 Å². The minimum atomic E-state index is -0.946. The lowest BCUT2D eigenvalue weighted by Crippen LogP contribution is -2.18. The van der Waals surface area contributed by atoms with E-state index in [1.165, 1.54) is 14.2 Å². The summed E-state index contributed by atoms with van der Waals surface area (Å²) < 4.78 is 27.7. The standard InChI is InChI=1S/C14H20O10/c1-19-5-7-21-13(17)9-23-11(15)3-4-12(16)24-10-14(18)22-8-6-20-2/h3-4H,5-10H2,1-2H3/b4-3+. The van der Waals surface area contributed by atoms with Crippen LogP contribution >= 0.6 is 0 Å². The van der Waals surface area contributed by atoms with Crippen LogP contribution < -0.4 is 0 Å². The van der Waals surface area contributed by atoms with Gasteiger partial charge in [-0.1, -0.05) is 0 Å². The fourth-order valence-corrected chi connectivity index (χ4v) is 1.05. The van der Waals surface area contributed by atoms with Crippen molar-refractivity contribution in [3.05, 3.63) is 12.2 Å². The summed E-state index contributed by atoms with van der Waals surface area (Å²) in [6.45, 7) is -0.689. The minimum absolute atomic E-state index is 0.0372. The topological polar surface area (TPSA) is 124 Å². The average Bonchev–Trinajstić information content (AvgIpc) is 2.56. The summed E-state index contributed by atoms with van der Waals surface area (Å²) in [4.78, 5) is 44.7. The molecular weight excluding hydrogens is 328 g/mol. The number of carbonyl (C=O) groups is 4. The van der Waals surface area contributed by atoms with Gasteiger partial charge in [0.1, 0.15) is 13.2 Å². The van der Waals surface area contributed by atoms with Crippen LogP contribution in [0.2, 0.25) is 0 Å². The van der Waals surface area contributed by atoms with Crippen LogP contribution in [-0.2, 0) is 47.6 Å². The van der Waals surface area contributed by atoms with E-state index in [1.807, 2.05) is 0 Å². The molecule has 10 nitrogen and oxygen atoms in total. The normalized spacial score (nSPS) is 10.2. The third-order valence-corrected chi connectivity index (χ3v) is 2.12.